The van der Waals surface area contributed by atoms with Crippen LogP contribution >= 0.6 is 0 Å². The van der Waals surface area contributed by atoms with Gasteiger partial charge in [-0.25, -0.2) is 0 Å². The van der Waals surface area contributed by atoms with Crippen molar-refractivity contribution in [3.8, 4) is 0 Å². The Bertz CT molecular complexity index is 116. The molecule has 1 aliphatic heterocycles. The third-order valence-corrected chi connectivity index (χ3v) is 1.57. The molecule has 1 heteroatoms. The van der Waals surface area contributed by atoms with Crippen molar-refractivity contribution in [3.63, 3.8) is 0 Å². The highest BCUT2D eigenvalue weighted by Gasteiger charge is 2.10. The molecule has 0 aromatic rings. The van der Waals surface area contributed by atoms with Crippen LogP contribution in [-0.2, 0) is 4.74 Å². The maximum Gasteiger partial charge on any atom is 0.0763 e. The number of hydrogen-bond donors (Lipinski definition) is 0. The summed E-state index contributed by atoms with van der Waals surface area (Å²) in [5.74, 6) is 0. The summed E-state index contributed by atoms with van der Waals surface area (Å²) >= 11 is 0. The largest absolute Gasteiger partial charge is 0.370 e. The summed E-state index contributed by atoms with van der Waals surface area (Å²) in [6.45, 7) is 5.16. The van der Waals surface area contributed by atoms with Gasteiger partial charge in [-0.1, -0.05) is 19.4 Å². The lowest BCUT2D eigenvalue weighted by Crippen LogP contribution is -2.02. The molecular formula is C8H14O. The molecule has 0 amide bonds. The van der Waals surface area contributed by atoms with Gasteiger partial charge in [0.25, 0.3) is 0 Å². The first-order chi connectivity index (χ1) is 4.33. The summed E-state index contributed by atoms with van der Waals surface area (Å²) in [5, 5.41) is 0. The molecule has 0 bridgehead atoms. The fraction of sp³-hybridized carbons (Fsp3) is 0.750. The molecule has 9 heavy (non-hydrogen) atoms. The van der Waals surface area contributed by atoms with Gasteiger partial charge in [0.15, 0.2) is 0 Å². The van der Waals surface area contributed by atoms with E-state index in [1.807, 2.05) is 0 Å². The van der Waals surface area contributed by atoms with Crippen LogP contribution in [0.15, 0.2) is 11.6 Å². The molecule has 0 radical (unpaired) electrons. The number of ether oxygens (including phenoxy) is 1. The molecule has 1 atom stereocenters. The molecule has 52 valence electrons. The second-order valence-electron chi connectivity index (χ2n) is 2.65. The van der Waals surface area contributed by atoms with Gasteiger partial charge < -0.3 is 4.74 Å². The normalized spacial score (nSPS) is 26.4. The van der Waals surface area contributed by atoms with Crippen LogP contribution in [0, 0.1) is 0 Å². The van der Waals surface area contributed by atoms with E-state index in [-0.39, 0.29) is 0 Å². The van der Waals surface area contributed by atoms with E-state index in [2.05, 4.69) is 19.9 Å². The standard InChI is InChI=1S/C8H14O/c1-3-4-8-5-7(2)6-9-8/h5,8H,3-4,6H2,1-2H3. The second-order valence-corrected chi connectivity index (χ2v) is 2.65. The Kier molecular flexibility index (Phi) is 2.29. The van der Waals surface area contributed by atoms with E-state index in [4.69, 9.17) is 4.74 Å². The van der Waals surface area contributed by atoms with Gasteiger partial charge >= 0.3 is 0 Å². The molecule has 0 saturated heterocycles. The summed E-state index contributed by atoms with van der Waals surface area (Å²) in [4.78, 5) is 0. The third kappa shape index (κ3) is 1.83. The lowest BCUT2D eigenvalue weighted by molar-refractivity contribution is 0.118. The Morgan fingerprint density at radius 3 is 3.00 bits per heavy atom. The van der Waals surface area contributed by atoms with Gasteiger partial charge in [0.1, 0.15) is 0 Å². The molecule has 0 fully saturated rings. The number of hydrogen-bond acceptors (Lipinski definition) is 1. The molecule has 1 aliphatic rings. The van der Waals surface area contributed by atoms with Crippen molar-refractivity contribution < 1.29 is 4.74 Å². The molecule has 1 heterocycles. The predicted octanol–water partition coefficient (Wildman–Crippen LogP) is 2.13. The van der Waals surface area contributed by atoms with Crippen LogP contribution in [0.3, 0.4) is 0 Å². The average Bonchev–Trinajstić information content (AvgIpc) is 2.17. The van der Waals surface area contributed by atoms with Crippen molar-refractivity contribution in [1.29, 1.82) is 0 Å². The van der Waals surface area contributed by atoms with Crippen molar-refractivity contribution in [3.05, 3.63) is 11.6 Å². The smallest absolute Gasteiger partial charge is 0.0763 e. The molecule has 0 saturated carbocycles. The maximum atomic E-state index is 5.41. The van der Waals surface area contributed by atoms with Gasteiger partial charge in [-0.3, -0.25) is 0 Å². The minimum Gasteiger partial charge on any atom is -0.370 e. The Hall–Kier alpha value is -0.300. The van der Waals surface area contributed by atoms with Crippen LogP contribution in [0.5, 0.6) is 0 Å². The quantitative estimate of drug-likeness (QED) is 0.515. The topological polar surface area (TPSA) is 9.23 Å². The second kappa shape index (κ2) is 3.02. The summed E-state index contributed by atoms with van der Waals surface area (Å²) < 4.78 is 5.41. The maximum absolute atomic E-state index is 5.41. The minimum absolute atomic E-state index is 0.426. The summed E-state index contributed by atoms with van der Waals surface area (Å²) in [5.41, 5.74) is 1.38. The molecule has 0 aromatic carbocycles. The Morgan fingerprint density at radius 1 is 1.78 bits per heavy atom. The van der Waals surface area contributed by atoms with Gasteiger partial charge in [-0.2, -0.15) is 0 Å². The van der Waals surface area contributed by atoms with Crippen LogP contribution in [0.2, 0.25) is 0 Å². The van der Waals surface area contributed by atoms with Crippen LogP contribution in [-0.4, -0.2) is 12.7 Å². The highest BCUT2D eigenvalue weighted by molar-refractivity contribution is 5.07. The van der Waals surface area contributed by atoms with Crippen molar-refractivity contribution >= 4 is 0 Å². The van der Waals surface area contributed by atoms with E-state index in [0.717, 1.165) is 6.61 Å². The van der Waals surface area contributed by atoms with Crippen molar-refractivity contribution in [1.82, 2.24) is 0 Å². The molecular weight excluding hydrogens is 112 g/mol. The van der Waals surface area contributed by atoms with Crippen molar-refractivity contribution in [2.45, 2.75) is 32.8 Å². The molecule has 1 nitrogen and oxygen atoms in total. The molecule has 1 rings (SSSR count). The first-order valence-corrected chi connectivity index (χ1v) is 3.62. The van der Waals surface area contributed by atoms with Crippen molar-refractivity contribution in [2.75, 3.05) is 6.61 Å². The van der Waals surface area contributed by atoms with Crippen LogP contribution < -0.4 is 0 Å². The fourth-order valence-electron chi connectivity index (χ4n) is 1.10. The van der Waals surface area contributed by atoms with Gasteiger partial charge in [0.05, 0.1) is 12.7 Å². The van der Waals surface area contributed by atoms with Crippen LogP contribution in [0.25, 0.3) is 0 Å². The van der Waals surface area contributed by atoms with E-state index in [0.29, 0.717) is 6.10 Å². The molecule has 0 spiro atoms. The van der Waals surface area contributed by atoms with Gasteiger partial charge in [0, 0.05) is 0 Å². The monoisotopic (exact) mass is 126 g/mol. The zero-order valence-corrected chi connectivity index (χ0v) is 6.18. The zero-order chi connectivity index (χ0) is 6.69. The zero-order valence-electron chi connectivity index (χ0n) is 6.18. The molecule has 0 N–H and O–H groups in total. The lowest BCUT2D eigenvalue weighted by atomic mass is 10.2. The third-order valence-electron chi connectivity index (χ3n) is 1.57. The van der Waals surface area contributed by atoms with Crippen LogP contribution in [0.1, 0.15) is 26.7 Å². The Balaban J connectivity index is 2.29. The molecule has 0 aromatic heterocycles. The highest BCUT2D eigenvalue weighted by Crippen LogP contribution is 2.14. The highest BCUT2D eigenvalue weighted by atomic mass is 16.5. The lowest BCUT2D eigenvalue weighted by Gasteiger charge is -2.03. The number of rotatable bonds is 2. The van der Waals surface area contributed by atoms with E-state index in [1.54, 1.807) is 0 Å². The predicted molar refractivity (Wildman–Crippen MR) is 38.4 cm³/mol. The van der Waals surface area contributed by atoms with E-state index >= 15 is 0 Å². The minimum atomic E-state index is 0.426. The van der Waals surface area contributed by atoms with Gasteiger partial charge in [-0.15, -0.1) is 0 Å². The Labute approximate surface area is 56.7 Å². The van der Waals surface area contributed by atoms with E-state index in [1.165, 1.54) is 18.4 Å². The Morgan fingerprint density at radius 2 is 2.56 bits per heavy atom. The van der Waals surface area contributed by atoms with E-state index < -0.39 is 0 Å². The SMILES string of the molecule is CCCC1C=C(C)CO1. The van der Waals surface area contributed by atoms with Crippen molar-refractivity contribution in [2.24, 2.45) is 0 Å². The first kappa shape index (κ1) is 6.81. The van der Waals surface area contributed by atoms with E-state index in [9.17, 15) is 0 Å². The van der Waals surface area contributed by atoms with Gasteiger partial charge in [-0.05, 0) is 18.9 Å². The summed E-state index contributed by atoms with van der Waals surface area (Å²) in [6.07, 6.45) is 5.05. The first-order valence-electron chi connectivity index (χ1n) is 3.62. The molecule has 1 unspecified atom stereocenters. The average molecular weight is 126 g/mol. The summed E-state index contributed by atoms with van der Waals surface area (Å²) in [6, 6.07) is 0. The van der Waals surface area contributed by atoms with Crippen LogP contribution in [0.4, 0.5) is 0 Å². The molecule has 0 aliphatic carbocycles. The van der Waals surface area contributed by atoms with Gasteiger partial charge in [0.2, 0.25) is 0 Å². The fourth-order valence-corrected chi connectivity index (χ4v) is 1.10. The summed E-state index contributed by atoms with van der Waals surface area (Å²) in [7, 11) is 0.